The van der Waals surface area contributed by atoms with Gasteiger partial charge in [0.1, 0.15) is 18.3 Å². The molecule has 4 unspecified atom stereocenters. The van der Waals surface area contributed by atoms with E-state index in [1.54, 1.807) is 135 Å². The Bertz CT molecular complexity index is 2020. The molecule has 0 bridgehead atoms. The van der Waals surface area contributed by atoms with Gasteiger partial charge in [0.05, 0.1) is 34.9 Å². The van der Waals surface area contributed by atoms with Gasteiger partial charge in [0.25, 0.3) is 0 Å². The summed E-state index contributed by atoms with van der Waals surface area (Å²) in [7, 11) is 0. The molecule has 15 heteroatoms. The number of nitrogens with zero attached hydrogens (tertiary/aromatic N) is 3. The summed E-state index contributed by atoms with van der Waals surface area (Å²) in [4.78, 5) is 57.0. The normalized spacial score (nSPS) is 26.9. The Morgan fingerprint density at radius 2 is 0.930 bits per heavy atom. The highest BCUT2D eigenvalue weighted by Gasteiger charge is 2.54. The van der Waals surface area contributed by atoms with Gasteiger partial charge in [-0.1, -0.05) is 91.8 Å². The zero-order valence-corrected chi connectivity index (χ0v) is 31.1. The number of azide groups is 1. The molecule has 2 aliphatic heterocycles. The van der Waals surface area contributed by atoms with Crippen molar-refractivity contribution in [1.29, 1.82) is 0 Å². The molecule has 15 nitrogen and oxygen atoms in total. The summed E-state index contributed by atoms with van der Waals surface area (Å²) in [5.74, 6) is -4.46. The van der Waals surface area contributed by atoms with Crippen molar-refractivity contribution < 1.29 is 52.3 Å². The molecule has 2 N–H and O–H groups in total. The summed E-state index contributed by atoms with van der Waals surface area (Å²) < 4.78 is 43.4. The van der Waals surface area contributed by atoms with E-state index < -0.39 is 84.9 Å². The van der Waals surface area contributed by atoms with E-state index in [0.29, 0.717) is 0 Å². The number of carbonyl (C=O) groups excluding carboxylic acids is 4. The Labute approximate surface area is 328 Å². The standard InChI is InChI=1S/C42H42N4O11/c1-25-32(24-45-46-44)52-42(36(56-40(50)30-21-13-6-14-22-30)33(25)53-37(47)27-15-7-3-8-16-27)57-41-26(2)34(54-38(48)28-17-9-4-10-18-28)35(31(23-43)51-41)55-39(49)29-19-11-5-12-20-29/h3-22,25-26,31-36,41-42H,23-24,43H2,1-2H3/t25-,26?,31-,32?,33+,34?,35-,36?,41-,42-/m1/s1. The van der Waals surface area contributed by atoms with Crippen LogP contribution in [0.15, 0.2) is 126 Å². The second-order valence-electron chi connectivity index (χ2n) is 13.5. The summed E-state index contributed by atoms with van der Waals surface area (Å²) >= 11 is 0. The topological polar surface area (TPSA) is 208 Å². The van der Waals surface area contributed by atoms with Gasteiger partial charge in [-0.25, -0.2) is 19.2 Å². The number of hydrogen-bond donors (Lipinski definition) is 1. The van der Waals surface area contributed by atoms with Crippen LogP contribution in [-0.4, -0.2) is 86.2 Å². The first kappa shape index (κ1) is 40.6. The Hall–Kier alpha value is -6.09. The van der Waals surface area contributed by atoms with Crippen molar-refractivity contribution in [1.82, 2.24) is 0 Å². The summed E-state index contributed by atoms with van der Waals surface area (Å²) in [6.45, 7) is 2.96. The number of benzene rings is 4. The lowest BCUT2D eigenvalue weighted by Gasteiger charge is -2.48. The van der Waals surface area contributed by atoms with Crippen LogP contribution in [0.5, 0.6) is 0 Å². The summed E-state index contributed by atoms with van der Waals surface area (Å²) in [5, 5.41) is 3.71. The average Bonchev–Trinajstić information content (AvgIpc) is 3.25. The fourth-order valence-electron chi connectivity index (χ4n) is 6.67. The molecule has 296 valence electrons. The molecule has 4 aromatic rings. The van der Waals surface area contributed by atoms with Crippen molar-refractivity contribution in [2.75, 3.05) is 13.1 Å². The maximum Gasteiger partial charge on any atom is 0.338 e. The van der Waals surface area contributed by atoms with Crippen LogP contribution in [0.2, 0.25) is 0 Å². The zero-order valence-electron chi connectivity index (χ0n) is 31.1. The highest BCUT2D eigenvalue weighted by Crippen LogP contribution is 2.37. The van der Waals surface area contributed by atoms with E-state index in [2.05, 4.69) is 10.0 Å². The first-order valence-corrected chi connectivity index (χ1v) is 18.4. The average molecular weight is 779 g/mol. The van der Waals surface area contributed by atoms with E-state index in [1.165, 1.54) is 0 Å². The van der Waals surface area contributed by atoms with Gasteiger partial charge in [0.2, 0.25) is 6.29 Å². The van der Waals surface area contributed by atoms with Crippen molar-refractivity contribution in [2.24, 2.45) is 22.7 Å². The number of ether oxygens (including phenoxy) is 7. The van der Waals surface area contributed by atoms with Crippen LogP contribution >= 0.6 is 0 Å². The van der Waals surface area contributed by atoms with Gasteiger partial charge in [0.15, 0.2) is 18.5 Å². The van der Waals surface area contributed by atoms with Gasteiger partial charge < -0.3 is 38.9 Å². The van der Waals surface area contributed by atoms with Crippen molar-refractivity contribution >= 4 is 23.9 Å². The molecule has 2 aliphatic rings. The molecular weight excluding hydrogens is 736 g/mol. The third kappa shape index (κ3) is 9.84. The molecular formula is C42H42N4O11. The predicted octanol–water partition coefficient (Wildman–Crippen LogP) is 5.90. The van der Waals surface area contributed by atoms with Crippen LogP contribution in [0, 0.1) is 11.8 Å². The molecule has 10 atom stereocenters. The molecule has 0 aromatic heterocycles. The van der Waals surface area contributed by atoms with Crippen LogP contribution in [0.4, 0.5) is 0 Å². The van der Waals surface area contributed by atoms with Crippen LogP contribution in [0.25, 0.3) is 10.4 Å². The Kier molecular flexibility index (Phi) is 13.6. The molecule has 0 saturated carbocycles. The summed E-state index contributed by atoms with van der Waals surface area (Å²) in [6, 6.07) is 33.0. The van der Waals surface area contributed by atoms with Crippen molar-refractivity contribution in [3.05, 3.63) is 154 Å². The van der Waals surface area contributed by atoms with Crippen LogP contribution in [0.1, 0.15) is 55.3 Å². The molecule has 0 spiro atoms. The van der Waals surface area contributed by atoms with Crippen molar-refractivity contribution in [3.8, 4) is 0 Å². The molecule has 57 heavy (non-hydrogen) atoms. The highest BCUT2D eigenvalue weighted by molar-refractivity contribution is 5.91. The number of esters is 4. The molecule has 2 saturated heterocycles. The van der Waals surface area contributed by atoms with Crippen molar-refractivity contribution in [2.45, 2.75) is 63.1 Å². The fraction of sp³-hybridized carbons (Fsp3) is 0.333. The van der Waals surface area contributed by atoms with E-state index >= 15 is 0 Å². The SMILES string of the molecule is CC1C(OC(=O)c2ccccc2)[C@H](OC(=O)c2ccccc2)[C@@H](CN)O[C@@H]1O[C@H]1OC(CN=[N+]=[N-])[C@@H](C)[C@H](OC(=O)c2ccccc2)C1OC(=O)c1ccccc1. The summed E-state index contributed by atoms with van der Waals surface area (Å²) in [5.41, 5.74) is 16.4. The Morgan fingerprint density at radius 1 is 0.561 bits per heavy atom. The fourth-order valence-corrected chi connectivity index (χ4v) is 6.67. The van der Waals surface area contributed by atoms with Gasteiger partial charge in [-0.2, -0.15) is 0 Å². The van der Waals surface area contributed by atoms with E-state index in [1.807, 2.05) is 0 Å². The zero-order chi connectivity index (χ0) is 40.3. The van der Waals surface area contributed by atoms with Gasteiger partial charge in [-0.05, 0) is 54.1 Å². The molecule has 6 rings (SSSR count). The second-order valence-corrected chi connectivity index (χ2v) is 13.5. The van der Waals surface area contributed by atoms with Crippen LogP contribution in [0.3, 0.4) is 0 Å². The smallest absolute Gasteiger partial charge is 0.338 e. The van der Waals surface area contributed by atoms with Crippen LogP contribution < -0.4 is 5.73 Å². The monoisotopic (exact) mass is 778 g/mol. The van der Waals surface area contributed by atoms with Gasteiger partial charge in [-0.3, -0.25) is 0 Å². The van der Waals surface area contributed by atoms with Gasteiger partial charge >= 0.3 is 23.9 Å². The quantitative estimate of drug-likeness (QED) is 0.0554. The molecule has 0 radical (unpaired) electrons. The number of hydrogen-bond acceptors (Lipinski definition) is 13. The minimum absolute atomic E-state index is 0.197. The molecule has 0 amide bonds. The van der Waals surface area contributed by atoms with Gasteiger partial charge in [0, 0.05) is 23.3 Å². The van der Waals surface area contributed by atoms with E-state index in [9.17, 15) is 24.7 Å². The largest absolute Gasteiger partial charge is 0.454 e. The number of nitrogens with two attached hydrogens (primary N) is 1. The minimum Gasteiger partial charge on any atom is -0.454 e. The molecule has 4 aromatic carbocycles. The van der Waals surface area contributed by atoms with E-state index in [4.69, 9.17) is 38.9 Å². The highest BCUT2D eigenvalue weighted by atomic mass is 16.8. The second kappa shape index (κ2) is 19.2. The Balaban J connectivity index is 1.35. The predicted molar refractivity (Wildman–Crippen MR) is 202 cm³/mol. The minimum atomic E-state index is -1.51. The Morgan fingerprint density at radius 3 is 1.33 bits per heavy atom. The third-order valence-electron chi connectivity index (χ3n) is 9.79. The lowest BCUT2D eigenvalue weighted by Crippen LogP contribution is -2.63. The maximum absolute atomic E-state index is 13.7. The third-order valence-corrected chi connectivity index (χ3v) is 9.79. The number of rotatable bonds is 13. The lowest BCUT2D eigenvalue weighted by molar-refractivity contribution is -0.357. The molecule has 2 fully saturated rings. The first-order chi connectivity index (χ1) is 27.7. The lowest BCUT2D eigenvalue weighted by atomic mass is 9.89. The maximum atomic E-state index is 13.7. The van der Waals surface area contributed by atoms with E-state index in [0.717, 1.165) is 0 Å². The molecule has 2 heterocycles. The summed E-state index contributed by atoms with van der Waals surface area (Å²) in [6.07, 6.45) is -9.78. The number of carbonyl (C=O) groups is 4. The van der Waals surface area contributed by atoms with Gasteiger partial charge in [-0.15, -0.1) is 0 Å². The first-order valence-electron chi connectivity index (χ1n) is 18.4. The molecule has 0 aliphatic carbocycles. The van der Waals surface area contributed by atoms with Crippen LogP contribution in [-0.2, 0) is 33.2 Å². The van der Waals surface area contributed by atoms with Crippen molar-refractivity contribution in [3.63, 3.8) is 0 Å². The van der Waals surface area contributed by atoms with E-state index in [-0.39, 0.29) is 35.3 Å².